The fourth-order valence-corrected chi connectivity index (χ4v) is 5.31. The van der Waals surface area contributed by atoms with Crippen molar-refractivity contribution in [3.05, 3.63) is 108 Å². The molecule has 5 aromatic rings. The third-order valence-electron chi connectivity index (χ3n) is 7.29. The van der Waals surface area contributed by atoms with E-state index < -0.39 is 5.54 Å². The van der Waals surface area contributed by atoms with Crippen molar-refractivity contribution in [2.45, 2.75) is 44.3 Å². The van der Waals surface area contributed by atoms with Crippen LogP contribution in [0.15, 0.2) is 89.5 Å². The molecule has 2 heterocycles. The molecule has 0 saturated heterocycles. The van der Waals surface area contributed by atoms with Crippen LogP contribution in [0, 0.1) is 0 Å². The molecular formula is C30H29N3O2. The highest BCUT2D eigenvalue weighted by atomic mass is 16.3. The van der Waals surface area contributed by atoms with Gasteiger partial charge in [-0.05, 0) is 54.7 Å². The van der Waals surface area contributed by atoms with Gasteiger partial charge in [0, 0.05) is 28.9 Å². The highest BCUT2D eigenvalue weighted by Crippen LogP contribution is 2.32. The Morgan fingerprint density at radius 2 is 1.86 bits per heavy atom. The minimum atomic E-state index is -0.832. The quantitative estimate of drug-likeness (QED) is 0.285. The molecule has 0 spiro atoms. The molecule has 5 heteroatoms. The first-order valence-electron chi connectivity index (χ1n) is 12.3. The van der Waals surface area contributed by atoms with Crippen molar-refractivity contribution in [3.8, 4) is 0 Å². The second-order valence-corrected chi connectivity index (χ2v) is 9.74. The first-order valence-corrected chi connectivity index (χ1v) is 12.3. The van der Waals surface area contributed by atoms with Gasteiger partial charge in [-0.25, -0.2) is 0 Å². The van der Waals surface area contributed by atoms with E-state index in [-0.39, 0.29) is 11.9 Å². The van der Waals surface area contributed by atoms with Gasteiger partial charge in [0.1, 0.15) is 11.3 Å². The molecule has 2 atom stereocenters. The predicted molar refractivity (Wildman–Crippen MR) is 139 cm³/mol. The van der Waals surface area contributed by atoms with Crippen LogP contribution in [-0.2, 0) is 24.2 Å². The zero-order valence-electron chi connectivity index (χ0n) is 19.8. The molecule has 0 bridgehead atoms. The van der Waals surface area contributed by atoms with E-state index in [1.165, 1.54) is 11.1 Å². The SMILES string of the molecule is CC(Cc1c[nH]c2ccccc12)(NCc1cc2ccccc2o1)C(=O)NC1CCc2ccccc21. The third-order valence-corrected chi connectivity index (χ3v) is 7.29. The summed E-state index contributed by atoms with van der Waals surface area (Å²) in [6.45, 7) is 2.45. The van der Waals surface area contributed by atoms with Crippen molar-refractivity contribution >= 4 is 27.8 Å². The zero-order chi connectivity index (χ0) is 23.8. The molecule has 2 unspecified atom stereocenters. The van der Waals surface area contributed by atoms with E-state index in [0.29, 0.717) is 13.0 Å². The second-order valence-electron chi connectivity index (χ2n) is 9.74. The van der Waals surface area contributed by atoms with Gasteiger partial charge in [-0.3, -0.25) is 10.1 Å². The third kappa shape index (κ3) is 4.13. The van der Waals surface area contributed by atoms with E-state index in [2.05, 4.69) is 45.9 Å². The summed E-state index contributed by atoms with van der Waals surface area (Å²) in [5.74, 6) is 0.816. The van der Waals surface area contributed by atoms with Crippen LogP contribution in [0.5, 0.6) is 0 Å². The van der Waals surface area contributed by atoms with Crippen LogP contribution in [0.2, 0.25) is 0 Å². The van der Waals surface area contributed by atoms with Crippen LogP contribution in [0.25, 0.3) is 21.9 Å². The number of benzene rings is 3. The largest absolute Gasteiger partial charge is 0.460 e. The number of carbonyl (C=O) groups excluding carboxylic acids is 1. The lowest BCUT2D eigenvalue weighted by Crippen LogP contribution is -2.56. The van der Waals surface area contributed by atoms with Crippen LogP contribution in [-0.4, -0.2) is 16.4 Å². The van der Waals surface area contributed by atoms with E-state index >= 15 is 0 Å². The smallest absolute Gasteiger partial charge is 0.240 e. The fourth-order valence-electron chi connectivity index (χ4n) is 5.31. The molecule has 1 amide bonds. The monoisotopic (exact) mass is 463 g/mol. The molecule has 3 N–H and O–H groups in total. The number of hydrogen-bond acceptors (Lipinski definition) is 3. The molecule has 2 aromatic heterocycles. The van der Waals surface area contributed by atoms with Crippen molar-refractivity contribution in [1.82, 2.24) is 15.6 Å². The Kier molecular flexibility index (Phi) is 5.42. The summed E-state index contributed by atoms with van der Waals surface area (Å²) < 4.78 is 6.03. The van der Waals surface area contributed by atoms with Gasteiger partial charge in [0.15, 0.2) is 0 Å². The topological polar surface area (TPSA) is 70.1 Å². The molecule has 3 aromatic carbocycles. The van der Waals surface area contributed by atoms with Crippen molar-refractivity contribution in [2.24, 2.45) is 0 Å². The number of H-pyrrole nitrogens is 1. The summed E-state index contributed by atoms with van der Waals surface area (Å²) in [6, 6.07) is 26.7. The maximum Gasteiger partial charge on any atom is 0.240 e. The Morgan fingerprint density at radius 1 is 1.06 bits per heavy atom. The highest BCUT2D eigenvalue weighted by Gasteiger charge is 2.36. The molecule has 0 fully saturated rings. The summed E-state index contributed by atoms with van der Waals surface area (Å²) in [7, 11) is 0. The summed E-state index contributed by atoms with van der Waals surface area (Å²) in [5.41, 5.74) is 4.77. The number of para-hydroxylation sites is 2. The summed E-state index contributed by atoms with van der Waals surface area (Å²) in [5, 5.41) is 9.12. The minimum Gasteiger partial charge on any atom is -0.460 e. The van der Waals surface area contributed by atoms with Crippen molar-refractivity contribution < 1.29 is 9.21 Å². The Bertz CT molecular complexity index is 1480. The number of rotatable bonds is 7. The van der Waals surface area contributed by atoms with E-state index in [4.69, 9.17) is 4.42 Å². The average molecular weight is 464 g/mol. The normalized spacial score (nSPS) is 16.9. The Hall–Kier alpha value is -3.83. The number of amides is 1. The lowest BCUT2D eigenvalue weighted by Gasteiger charge is -2.31. The minimum absolute atomic E-state index is 0.000551. The molecule has 0 saturated carbocycles. The molecule has 6 rings (SSSR count). The van der Waals surface area contributed by atoms with Crippen LogP contribution in [0.3, 0.4) is 0 Å². The number of furan rings is 1. The fraction of sp³-hybridized carbons (Fsp3) is 0.233. The first kappa shape index (κ1) is 21.7. The van der Waals surface area contributed by atoms with Gasteiger partial charge >= 0.3 is 0 Å². The van der Waals surface area contributed by atoms with Crippen LogP contribution < -0.4 is 10.6 Å². The lowest BCUT2D eigenvalue weighted by molar-refractivity contribution is -0.128. The van der Waals surface area contributed by atoms with E-state index in [1.54, 1.807) is 0 Å². The van der Waals surface area contributed by atoms with E-state index in [9.17, 15) is 4.79 Å². The number of hydrogen-bond donors (Lipinski definition) is 3. The van der Waals surface area contributed by atoms with Gasteiger partial charge in [-0.1, -0.05) is 60.7 Å². The maximum absolute atomic E-state index is 13.9. The van der Waals surface area contributed by atoms with Gasteiger partial charge in [0.2, 0.25) is 5.91 Å². The zero-order valence-corrected chi connectivity index (χ0v) is 19.8. The molecule has 1 aliphatic rings. The summed E-state index contributed by atoms with van der Waals surface area (Å²) in [4.78, 5) is 17.2. The van der Waals surface area contributed by atoms with Gasteiger partial charge in [-0.2, -0.15) is 0 Å². The number of carbonyl (C=O) groups is 1. The Morgan fingerprint density at radius 3 is 2.77 bits per heavy atom. The van der Waals surface area contributed by atoms with Gasteiger partial charge in [0.25, 0.3) is 0 Å². The van der Waals surface area contributed by atoms with E-state index in [0.717, 1.165) is 46.0 Å². The number of aromatic nitrogens is 1. The second kappa shape index (κ2) is 8.75. The first-order chi connectivity index (χ1) is 17.1. The molecular weight excluding hydrogens is 434 g/mol. The maximum atomic E-state index is 13.9. The number of fused-ring (bicyclic) bond motifs is 3. The average Bonchev–Trinajstić information content (AvgIpc) is 3.60. The number of nitrogens with one attached hydrogen (secondary N) is 3. The van der Waals surface area contributed by atoms with Gasteiger partial charge in [0.05, 0.1) is 18.1 Å². The summed E-state index contributed by atoms with van der Waals surface area (Å²) in [6.07, 6.45) is 4.49. The van der Waals surface area contributed by atoms with E-state index in [1.807, 2.05) is 61.7 Å². The Labute approximate surface area is 204 Å². The van der Waals surface area contributed by atoms with Crippen LogP contribution in [0.4, 0.5) is 0 Å². The summed E-state index contributed by atoms with van der Waals surface area (Å²) >= 11 is 0. The Balaban J connectivity index is 1.28. The van der Waals surface area contributed by atoms with Crippen molar-refractivity contribution in [1.29, 1.82) is 0 Å². The highest BCUT2D eigenvalue weighted by molar-refractivity contribution is 5.89. The number of aryl methyl sites for hydroxylation is 1. The molecule has 1 aliphatic carbocycles. The van der Waals surface area contributed by atoms with Crippen LogP contribution >= 0.6 is 0 Å². The van der Waals surface area contributed by atoms with Crippen LogP contribution in [0.1, 0.15) is 41.8 Å². The number of aromatic amines is 1. The predicted octanol–water partition coefficient (Wildman–Crippen LogP) is 5.81. The van der Waals surface area contributed by atoms with Gasteiger partial charge in [-0.15, -0.1) is 0 Å². The molecule has 5 nitrogen and oxygen atoms in total. The molecule has 176 valence electrons. The van der Waals surface area contributed by atoms with Crippen molar-refractivity contribution in [2.75, 3.05) is 0 Å². The molecule has 35 heavy (non-hydrogen) atoms. The van der Waals surface area contributed by atoms with Gasteiger partial charge < -0.3 is 14.7 Å². The standard InChI is InChI=1S/C30H29N3O2/c1-30(17-22-18-31-26-12-6-5-11-25(22)26,32-19-23-16-21-9-3-7-13-28(21)35-23)29(34)33-27-15-14-20-8-2-4-10-24(20)27/h2-13,16,18,27,31-32H,14-15,17,19H2,1H3,(H,33,34). The lowest BCUT2D eigenvalue weighted by atomic mass is 9.90. The molecule has 0 radical (unpaired) electrons. The molecule has 0 aliphatic heterocycles. The van der Waals surface area contributed by atoms with Crippen molar-refractivity contribution in [3.63, 3.8) is 0 Å².